The number of carbonyl (C=O) groups excluding carboxylic acids is 1. The van der Waals surface area contributed by atoms with E-state index in [0.717, 1.165) is 24.5 Å². The molecule has 0 unspecified atom stereocenters. The van der Waals surface area contributed by atoms with Crippen molar-refractivity contribution in [3.05, 3.63) is 54.4 Å². The van der Waals surface area contributed by atoms with Crippen LogP contribution in [0.1, 0.15) is 36.5 Å². The van der Waals surface area contributed by atoms with Crippen LogP contribution in [-0.2, 0) is 4.79 Å². The number of hydrogen-bond acceptors (Lipinski definition) is 4. The highest BCUT2D eigenvalue weighted by Gasteiger charge is 2.17. The van der Waals surface area contributed by atoms with E-state index in [1.54, 1.807) is 12.1 Å². The Labute approximate surface area is 183 Å². The van der Waals surface area contributed by atoms with Gasteiger partial charge in [-0.25, -0.2) is 5.43 Å². The summed E-state index contributed by atoms with van der Waals surface area (Å²) < 4.78 is 8.36. The first kappa shape index (κ1) is 21.9. The summed E-state index contributed by atoms with van der Waals surface area (Å²) >= 11 is 10.4. The highest BCUT2D eigenvalue weighted by atomic mass is 79.9. The molecular weight excluding hydrogens is 544 g/mol. The van der Waals surface area contributed by atoms with Crippen molar-refractivity contribution in [2.75, 3.05) is 6.61 Å². The molecule has 144 valence electrons. The number of benzene rings is 2. The van der Waals surface area contributed by atoms with E-state index in [-0.39, 0.29) is 18.3 Å². The topological polar surface area (TPSA) is 70.9 Å². The van der Waals surface area contributed by atoms with Crippen LogP contribution in [-0.4, -0.2) is 23.8 Å². The van der Waals surface area contributed by atoms with Gasteiger partial charge < -0.3 is 9.84 Å². The molecule has 0 fully saturated rings. The minimum atomic E-state index is -0.400. The van der Waals surface area contributed by atoms with Crippen LogP contribution in [0, 0.1) is 6.92 Å². The Bertz CT molecular complexity index is 883. The lowest BCUT2D eigenvalue weighted by Gasteiger charge is -2.18. The fraction of sp³-hybridized carbons (Fsp3) is 0.263. The molecule has 8 heteroatoms. The summed E-state index contributed by atoms with van der Waals surface area (Å²) in [5.41, 5.74) is 4.88. The number of hydrogen-bond donors (Lipinski definition) is 2. The third kappa shape index (κ3) is 5.80. The number of nitrogens with zero attached hydrogens (tertiary/aromatic N) is 1. The van der Waals surface area contributed by atoms with Gasteiger partial charge in [-0.1, -0.05) is 45.7 Å². The zero-order valence-corrected chi connectivity index (χ0v) is 19.8. The lowest BCUT2D eigenvalue weighted by molar-refractivity contribution is -0.123. The number of phenolic OH excluding ortho intramolecular Hbond substituents is 1. The Balaban J connectivity index is 2.05. The maximum absolute atomic E-state index is 12.1. The fourth-order valence-corrected chi connectivity index (χ4v) is 3.91. The molecule has 1 amide bonds. The van der Waals surface area contributed by atoms with Crippen LogP contribution >= 0.6 is 47.8 Å². The number of nitrogens with one attached hydrogen (secondary N) is 1. The standard InChI is InChI=1S/C19H19Br3N2O3/c1-10(2)14-7-15(21)11(3)18(22)19(14)27-9-17(26)24-23-8-12-6-13(20)4-5-16(12)25/h4-8,10,25H,9H2,1-3H3,(H,24,26)/b23-8+. The Hall–Kier alpha value is -1.38. The van der Waals surface area contributed by atoms with Gasteiger partial charge in [-0.2, -0.15) is 5.10 Å². The van der Waals surface area contributed by atoms with Crippen molar-refractivity contribution in [2.24, 2.45) is 5.10 Å². The van der Waals surface area contributed by atoms with Crippen LogP contribution in [0.2, 0.25) is 0 Å². The summed E-state index contributed by atoms with van der Waals surface area (Å²) in [5.74, 6) is 0.550. The molecule has 27 heavy (non-hydrogen) atoms. The zero-order chi connectivity index (χ0) is 20.1. The Kier molecular flexibility index (Phi) is 7.88. The van der Waals surface area contributed by atoms with Gasteiger partial charge in [0.25, 0.3) is 5.91 Å². The second-order valence-electron chi connectivity index (χ2n) is 6.16. The number of amides is 1. The second-order valence-corrected chi connectivity index (χ2v) is 8.72. The molecule has 0 radical (unpaired) electrons. The van der Waals surface area contributed by atoms with E-state index in [4.69, 9.17) is 4.74 Å². The fourth-order valence-electron chi connectivity index (χ4n) is 2.26. The van der Waals surface area contributed by atoms with Gasteiger partial charge in [-0.05, 0) is 64.2 Å². The maximum atomic E-state index is 12.1. The average molecular weight is 563 g/mol. The van der Waals surface area contributed by atoms with Crippen molar-refractivity contribution in [1.29, 1.82) is 0 Å². The van der Waals surface area contributed by atoms with Gasteiger partial charge in [0.1, 0.15) is 11.5 Å². The first-order valence-corrected chi connectivity index (χ1v) is 10.5. The maximum Gasteiger partial charge on any atom is 0.277 e. The highest BCUT2D eigenvalue weighted by molar-refractivity contribution is 9.11. The van der Waals surface area contributed by atoms with E-state index in [1.165, 1.54) is 12.3 Å². The third-order valence-electron chi connectivity index (χ3n) is 3.78. The number of carbonyl (C=O) groups is 1. The summed E-state index contributed by atoms with van der Waals surface area (Å²) in [6.45, 7) is 5.90. The van der Waals surface area contributed by atoms with Gasteiger partial charge in [0.15, 0.2) is 6.61 Å². The number of halogens is 3. The van der Waals surface area contributed by atoms with E-state index in [9.17, 15) is 9.90 Å². The highest BCUT2D eigenvalue weighted by Crippen LogP contribution is 2.40. The molecular formula is C19H19Br3N2O3. The van der Waals surface area contributed by atoms with Crippen molar-refractivity contribution < 1.29 is 14.6 Å². The van der Waals surface area contributed by atoms with Crippen molar-refractivity contribution >= 4 is 59.9 Å². The molecule has 0 aliphatic rings. The molecule has 0 bridgehead atoms. The van der Waals surface area contributed by atoms with E-state index in [2.05, 4.69) is 72.2 Å². The number of ether oxygens (including phenoxy) is 1. The number of aromatic hydroxyl groups is 1. The molecule has 0 saturated carbocycles. The summed E-state index contributed by atoms with van der Waals surface area (Å²) in [4.78, 5) is 12.1. The first-order valence-electron chi connectivity index (χ1n) is 8.12. The van der Waals surface area contributed by atoms with Crippen molar-refractivity contribution in [2.45, 2.75) is 26.7 Å². The molecule has 2 aromatic rings. The monoisotopic (exact) mass is 560 g/mol. The molecule has 0 aliphatic heterocycles. The molecule has 0 atom stereocenters. The van der Waals surface area contributed by atoms with Crippen LogP contribution in [0.4, 0.5) is 0 Å². The van der Waals surface area contributed by atoms with Crippen molar-refractivity contribution in [1.82, 2.24) is 5.43 Å². The van der Waals surface area contributed by atoms with Gasteiger partial charge in [-0.15, -0.1) is 0 Å². The van der Waals surface area contributed by atoms with E-state index in [0.29, 0.717) is 11.3 Å². The van der Waals surface area contributed by atoms with E-state index >= 15 is 0 Å². The number of hydrazone groups is 1. The molecule has 0 saturated heterocycles. The lowest BCUT2D eigenvalue weighted by atomic mass is 10.0. The Morgan fingerprint density at radius 3 is 2.67 bits per heavy atom. The zero-order valence-electron chi connectivity index (χ0n) is 15.0. The predicted octanol–water partition coefficient (Wildman–Crippen LogP) is 5.64. The summed E-state index contributed by atoms with van der Waals surface area (Å²) in [6, 6.07) is 6.95. The minimum Gasteiger partial charge on any atom is -0.507 e. The van der Waals surface area contributed by atoms with Crippen molar-refractivity contribution in [3.63, 3.8) is 0 Å². The normalized spacial score (nSPS) is 11.2. The summed E-state index contributed by atoms with van der Waals surface area (Å²) in [5, 5.41) is 13.6. The van der Waals surface area contributed by atoms with E-state index in [1.807, 2.05) is 13.0 Å². The molecule has 2 N–H and O–H groups in total. The molecule has 2 aromatic carbocycles. The number of rotatable bonds is 6. The van der Waals surface area contributed by atoms with Crippen LogP contribution in [0.5, 0.6) is 11.5 Å². The molecule has 0 aromatic heterocycles. The van der Waals surface area contributed by atoms with Gasteiger partial charge in [0.2, 0.25) is 0 Å². The average Bonchev–Trinajstić information content (AvgIpc) is 2.61. The van der Waals surface area contributed by atoms with Gasteiger partial charge in [0.05, 0.1) is 10.7 Å². The Morgan fingerprint density at radius 2 is 2.00 bits per heavy atom. The lowest BCUT2D eigenvalue weighted by Crippen LogP contribution is -2.25. The SMILES string of the molecule is Cc1c(Br)cc(C(C)C)c(OCC(=O)N/N=C/c2cc(Br)ccc2O)c1Br. The molecule has 0 heterocycles. The molecule has 5 nitrogen and oxygen atoms in total. The summed E-state index contributed by atoms with van der Waals surface area (Å²) in [7, 11) is 0. The van der Waals surface area contributed by atoms with Gasteiger partial charge >= 0.3 is 0 Å². The quantitative estimate of drug-likeness (QED) is 0.353. The first-order chi connectivity index (χ1) is 12.7. The van der Waals surface area contributed by atoms with Crippen LogP contribution < -0.4 is 10.2 Å². The second kappa shape index (κ2) is 9.71. The minimum absolute atomic E-state index is 0.0725. The van der Waals surface area contributed by atoms with Crippen LogP contribution in [0.15, 0.2) is 42.8 Å². The van der Waals surface area contributed by atoms with Crippen LogP contribution in [0.25, 0.3) is 0 Å². The summed E-state index contributed by atoms with van der Waals surface area (Å²) in [6.07, 6.45) is 1.37. The van der Waals surface area contributed by atoms with Crippen LogP contribution in [0.3, 0.4) is 0 Å². The van der Waals surface area contributed by atoms with Crippen molar-refractivity contribution in [3.8, 4) is 11.5 Å². The van der Waals surface area contributed by atoms with E-state index < -0.39 is 5.91 Å². The largest absolute Gasteiger partial charge is 0.507 e. The molecule has 2 rings (SSSR count). The number of phenols is 1. The Morgan fingerprint density at radius 1 is 1.30 bits per heavy atom. The predicted molar refractivity (Wildman–Crippen MR) is 118 cm³/mol. The molecule has 0 spiro atoms. The van der Waals surface area contributed by atoms with Gasteiger partial charge in [-0.3, -0.25) is 4.79 Å². The smallest absolute Gasteiger partial charge is 0.277 e. The van der Waals surface area contributed by atoms with Gasteiger partial charge in [0, 0.05) is 14.5 Å². The third-order valence-corrected chi connectivity index (χ3v) is 6.06. The molecule has 0 aliphatic carbocycles.